The predicted octanol–water partition coefficient (Wildman–Crippen LogP) is 9.74. The Hall–Kier alpha value is -5.21. The SMILES string of the molecule is CC(C)CCC[C@@H](C)[C@H]1CC[C@H]2C3CC=C4C[C@@H](OC(=O)NC(Cc5ccc(O)cc5)C(=O)N[C@H](CCCCNc5ccc([N+](=O)[O-])c6nonc56)C(=O)O)CCC4(C)[C@H]3CCC12C. The number of unbranched alkanes of at least 4 members (excludes halogenated alkanes) is 1. The summed E-state index contributed by atoms with van der Waals surface area (Å²) < 4.78 is 10.8. The Morgan fingerprint density at radius 3 is 2.41 bits per heavy atom. The molecule has 4 aliphatic carbocycles. The van der Waals surface area contributed by atoms with Crippen molar-refractivity contribution in [3.8, 4) is 5.75 Å². The van der Waals surface area contributed by atoms with Crippen LogP contribution in [0.5, 0.6) is 5.75 Å². The van der Waals surface area contributed by atoms with Gasteiger partial charge < -0.3 is 30.9 Å². The lowest BCUT2D eigenvalue weighted by Gasteiger charge is -2.58. The molecule has 0 aliphatic heterocycles. The number of rotatable bonds is 19. The largest absolute Gasteiger partial charge is 0.508 e. The van der Waals surface area contributed by atoms with Gasteiger partial charge in [0.05, 0.1) is 10.6 Å². The van der Waals surface area contributed by atoms with E-state index in [1.165, 1.54) is 74.8 Å². The number of fused-ring (bicyclic) bond motifs is 6. The van der Waals surface area contributed by atoms with Crippen LogP contribution < -0.4 is 16.0 Å². The lowest BCUT2D eigenvalue weighted by Crippen LogP contribution is -2.53. The van der Waals surface area contributed by atoms with Gasteiger partial charge in [-0.3, -0.25) is 14.9 Å². The highest BCUT2D eigenvalue weighted by atomic mass is 16.6. The minimum Gasteiger partial charge on any atom is -0.508 e. The van der Waals surface area contributed by atoms with Crippen molar-refractivity contribution >= 4 is 40.4 Å². The molecule has 2 amide bonds. The van der Waals surface area contributed by atoms with E-state index in [4.69, 9.17) is 9.37 Å². The molecule has 1 heterocycles. The van der Waals surface area contributed by atoms with E-state index < -0.39 is 35.0 Å². The number of aliphatic carboxylic acids is 1. The van der Waals surface area contributed by atoms with Crippen molar-refractivity contribution in [2.24, 2.45) is 46.3 Å². The maximum atomic E-state index is 13.8. The number of ether oxygens (including phenoxy) is 1. The molecule has 3 saturated carbocycles. The molecular weight excluding hydrogens is 817 g/mol. The molecule has 5 N–H and O–H groups in total. The molecule has 10 atom stereocenters. The first-order valence-electron chi connectivity index (χ1n) is 23.7. The molecule has 15 nitrogen and oxygen atoms in total. The number of anilines is 1. The van der Waals surface area contributed by atoms with Crippen molar-refractivity contribution in [1.29, 1.82) is 0 Å². The van der Waals surface area contributed by atoms with Gasteiger partial charge in [0.15, 0.2) is 5.52 Å². The molecule has 15 heteroatoms. The smallest absolute Gasteiger partial charge is 0.408 e. The molecule has 3 fully saturated rings. The number of nitro benzene ring substituents is 1. The lowest BCUT2D eigenvalue weighted by molar-refractivity contribution is -0.383. The third-order valence-corrected chi connectivity index (χ3v) is 16.0. The molecule has 348 valence electrons. The number of phenols is 1. The van der Waals surface area contributed by atoms with Crippen LogP contribution in [0, 0.1) is 56.5 Å². The second kappa shape index (κ2) is 19.9. The standard InChI is InChI=1S/C49H68N6O9/c1-29(2)9-8-10-30(3)36-18-19-37-35-17-14-32-28-34(22-24-48(32,4)38(35)23-25-49(36,37)5)63-47(60)52-41(27-31-12-15-33(56)16-13-31)45(57)51-40(46(58)59)11-6-7-26-50-39-20-21-42(55(61)62)44-43(39)53-64-54-44/h12-16,20-21,29-30,34-38,40-41,50,56H,6-11,17-19,22-28H2,1-5H3,(H,51,57)(H,52,60)(H,58,59)/t30-,34+,35?,36-,37+,38+,40-,41?,48?,49?/m1/s1. The topological polar surface area (TPSA) is 219 Å². The Morgan fingerprint density at radius 2 is 1.67 bits per heavy atom. The highest BCUT2D eigenvalue weighted by Gasteiger charge is 2.59. The van der Waals surface area contributed by atoms with Gasteiger partial charge in [-0.2, -0.15) is 0 Å². The Labute approximate surface area is 376 Å². The van der Waals surface area contributed by atoms with Crippen molar-refractivity contribution < 1.29 is 38.9 Å². The van der Waals surface area contributed by atoms with Crippen LogP contribution in [0.1, 0.15) is 130 Å². The number of alkyl carbamates (subject to hydrolysis) is 1. The van der Waals surface area contributed by atoms with Crippen molar-refractivity contribution in [2.75, 3.05) is 11.9 Å². The van der Waals surface area contributed by atoms with Crippen molar-refractivity contribution in [3.63, 3.8) is 0 Å². The fourth-order valence-corrected chi connectivity index (χ4v) is 12.5. The summed E-state index contributed by atoms with van der Waals surface area (Å²) in [6.07, 6.45) is 15.1. The maximum Gasteiger partial charge on any atom is 0.408 e. The summed E-state index contributed by atoms with van der Waals surface area (Å²) in [5.74, 6) is 2.59. The van der Waals surface area contributed by atoms with Gasteiger partial charge in [-0.05, 0) is 145 Å². The number of aromatic hydroxyl groups is 1. The van der Waals surface area contributed by atoms with E-state index in [1.807, 2.05) is 0 Å². The number of nitrogens with zero attached hydrogens (tertiary/aromatic N) is 3. The first-order chi connectivity index (χ1) is 30.6. The summed E-state index contributed by atoms with van der Waals surface area (Å²) in [6.45, 7) is 12.6. The van der Waals surface area contributed by atoms with Gasteiger partial charge >= 0.3 is 17.7 Å². The number of carboxylic acids is 1. The summed E-state index contributed by atoms with van der Waals surface area (Å²) in [5.41, 5.74) is 3.03. The number of phenolic OH excluding ortho intramolecular Hbond substituents is 1. The third-order valence-electron chi connectivity index (χ3n) is 16.0. The number of nitro groups is 1. The molecule has 4 unspecified atom stereocenters. The van der Waals surface area contributed by atoms with Crippen LogP contribution in [0.3, 0.4) is 0 Å². The van der Waals surface area contributed by atoms with Gasteiger partial charge in [0.1, 0.15) is 23.9 Å². The maximum absolute atomic E-state index is 13.8. The zero-order chi connectivity index (χ0) is 45.8. The normalized spacial score (nSPS) is 27.6. The lowest BCUT2D eigenvalue weighted by atomic mass is 9.47. The zero-order valence-corrected chi connectivity index (χ0v) is 38.1. The van der Waals surface area contributed by atoms with Crippen molar-refractivity contribution in [3.05, 3.63) is 63.7 Å². The quantitative estimate of drug-likeness (QED) is 0.0329. The molecule has 4 aliphatic rings. The van der Waals surface area contributed by atoms with E-state index in [9.17, 15) is 34.7 Å². The van der Waals surface area contributed by atoms with Crippen molar-refractivity contribution in [2.45, 2.75) is 149 Å². The first-order valence-corrected chi connectivity index (χ1v) is 23.7. The number of aromatic nitrogens is 2. The Morgan fingerprint density at radius 1 is 0.906 bits per heavy atom. The summed E-state index contributed by atoms with van der Waals surface area (Å²) in [4.78, 5) is 50.6. The number of benzene rings is 2. The van der Waals surface area contributed by atoms with Crippen LogP contribution in [0.15, 0.2) is 52.7 Å². The molecule has 7 rings (SSSR count). The van der Waals surface area contributed by atoms with Crippen LogP contribution in [-0.4, -0.2) is 68.2 Å². The summed E-state index contributed by atoms with van der Waals surface area (Å²) in [6, 6.07) is 6.72. The molecule has 1 aromatic heterocycles. The fraction of sp³-hybridized carbons (Fsp3) is 0.653. The van der Waals surface area contributed by atoms with Gasteiger partial charge in [0.25, 0.3) is 0 Å². The number of carbonyl (C=O) groups is 3. The van der Waals surface area contributed by atoms with Gasteiger partial charge in [-0.25, -0.2) is 14.2 Å². The summed E-state index contributed by atoms with van der Waals surface area (Å²) in [5, 5.41) is 47.2. The second-order valence-electron chi connectivity index (χ2n) is 20.3. The number of nitrogens with one attached hydrogen (secondary N) is 3. The van der Waals surface area contributed by atoms with Gasteiger partial charge in [0, 0.05) is 25.5 Å². The van der Waals surface area contributed by atoms with E-state index in [1.54, 1.807) is 12.1 Å². The average Bonchev–Trinajstić information content (AvgIpc) is 3.89. The predicted molar refractivity (Wildman–Crippen MR) is 242 cm³/mol. The van der Waals surface area contributed by atoms with Crippen LogP contribution in [-0.2, 0) is 20.7 Å². The van der Waals surface area contributed by atoms with Crippen molar-refractivity contribution in [1.82, 2.24) is 20.9 Å². The van der Waals surface area contributed by atoms with Crippen LogP contribution in [0.2, 0.25) is 0 Å². The highest BCUT2D eigenvalue weighted by Crippen LogP contribution is 2.67. The molecule has 0 spiro atoms. The van der Waals surface area contributed by atoms with Gasteiger partial charge in [-0.1, -0.05) is 77.7 Å². The number of hydrogen-bond acceptors (Lipinski definition) is 11. The van der Waals surface area contributed by atoms with E-state index in [0.29, 0.717) is 54.3 Å². The number of hydrogen-bond donors (Lipinski definition) is 5. The molecule has 3 aromatic rings. The third kappa shape index (κ3) is 10.2. The molecule has 0 bridgehead atoms. The second-order valence-corrected chi connectivity index (χ2v) is 20.3. The van der Waals surface area contributed by atoms with E-state index in [2.05, 4.69) is 67.0 Å². The van der Waals surface area contributed by atoms with Crippen LogP contribution in [0.25, 0.3) is 11.0 Å². The zero-order valence-electron chi connectivity index (χ0n) is 38.1. The van der Waals surface area contributed by atoms with Crippen LogP contribution >= 0.6 is 0 Å². The van der Waals surface area contributed by atoms with E-state index >= 15 is 0 Å². The number of amides is 2. The minimum atomic E-state index is -1.23. The molecule has 2 aromatic carbocycles. The minimum absolute atomic E-state index is 0.0191. The number of allylic oxidation sites excluding steroid dienone is 1. The number of carbonyl (C=O) groups excluding carboxylic acids is 2. The van der Waals surface area contributed by atoms with Gasteiger partial charge in [0.2, 0.25) is 11.4 Å². The number of non-ortho nitro benzene ring substituents is 1. The van der Waals surface area contributed by atoms with Gasteiger partial charge in [-0.15, -0.1) is 0 Å². The van der Waals surface area contributed by atoms with E-state index in [0.717, 1.165) is 42.9 Å². The summed E-state index contributed by atoms with van der Waals surface area (Å²) >= 11 is 0. The average molecular weight is 885 g/mol. The van der Waals surface area contributed by atoms with Crippen LogP contribution in [0.4, 0.5) is 16.2 Å². The summed E-state index contributed by atoms with van der Waals surface area (Å²) in [7, 11) is 0. The molecular formula is C49H68N6O9. The highest BCUT2D eigenvalue weighted by molar-refractivity contribution is 5.93. The number of carboxylic acid groups (broad SMARTS) is 1. The first kappa shape index (κ1) is 46.8. The molecule has 0 radical (unpaired) electrons. The Kier molecular flexibility index (Phi) is 14.5. The Balaban J connectivity index is 0.937. The van der Waals surface area contributed by atoms with E-state index in [-0.39, 0.29) is 46.8 Å². The Bertz CT molecular complexity index is 2170. The molecule has 0 saturated heterocycles. The monoisotopic (exact) mass is 885 g/mol. The fourth-order valence-electron chi connectivity index (χ4n) is 12.5. The molecule has 64 heavy (non-hydrogen) atoms.